The first kappa shape index (κ1) is 32.9. The molecule has 0 N–H and O–H groups in total. The first-order valence-corrected chi connectivity index (χ1v) is 17.3. The first-order valence-electron chi connectivity index (χ1n) is 17.3. The minimum Gasteiger partial charge on any atom is -0.481 e. The molecule has 3 aliphatic rings. The van der Waals surface area contributed by atoms with Gasteiger partial charge in [-0.3, -0.25) is 19.6 Å². The molecule has 4 aromatic rings. The van der Waals surface area contributed by atoms with Crippen LogP contribution in [0.5, 0.6) is 17.6 Å². The van der Waals surface area contributed by atoms with Gasteiger partial charge in [-0.05, 0) is 37.8 Å². The molecule has 2 saturated heterocycles. The molecule has 2 aliphatic heterocycles. The Balaban J connectivity index is 1.25. The molecule has 2 aromatic heterocycles. The molecule has 1 saturated carbocycles. The highest BCUT2D eigenvalue weighted by Gasteiger charge is 2.44. The molecule has 256 valence electrons. The highest BCUT2D eigenvalue weighted by atomic mass is 16.5. The van der Waals surface area contributed by atoms with Crippen molar-refractivity contribution in [2.24, 2.45) is 0 Å². The number of carbonyl (C=O) groups is 1. The molecule has 1 aliphatic carbocycles. The second-order valence-corrected chi connectivity index (χ2v) is 13.5. The van der Waals surface area contributed by atoms with E-state index in [1.54, 1.807) is 7.11 Å². The molecule has 1 unspecified atom stereocenters. The standard InChI is InChI=1S/C38H45N7O4/c1-25(2)49-37-30(36(48-4)41-35(42-37)28-15-16-28)23-43-21-29-22-44(38(46)31-19-39-20-33(40-31)47-3)17-18-45(29)32(24-43)34(26-11-7-5-8-12-26)27-13-9-6-10-14-27/h5-14,19-20,25,28-29,32,34H,15-18,21-24H2,1-4H3/t29-,32?/m1/s1. The molecular weight excluding hydrogens is 618 g/mol. The van der Waals surface area contributed by atoms with Crippen molar-refractivity contribution in [3.63, 3.8) is 0 Å². The Morgan fingerprint density at radius 1 is 0.837 bits per heavy atom. The molecule has 0 radical (unpaired) electrons. The van der Waals surface area contributed by atoms with Crippen molar-refractivity contribution in [1.29, 1.82) is 0 Å². The third-order valence-corrected chi connectivity index (χ3v) is 9.71. The van der Waals surface area contributed by atoms with Crippen LogP contribution in [0.4, 0.5) is 0 Å². The van der Waals surface area contributed by atoms with Crippen molar-refractivity contribution >= 4 is 5.91 Å². The molecule has 7 rings (SSSR count). The van der Waals surface area contributed by atoms with Crippen LogP contribution >= 0.6 is 0 Å². The van der Waals surface area contributed by atoms with Gasteiger partial charge in [-0.2, -0.15) is 9.97 Å². The van der Waals surface area contributed by atoms with E-state index in [4.69, 9.17) is 24.2 Å². The zero-order valence-corrected chi connectivity index (χ0v) is 28.7. The Labute approximate surface area is 288 Å². The molecule has 0 spiro atoms. The third-order valence-electron chi connectivity index (χ3n) is 9.71. The topological polar surface area (TPSA) is 106 Å². The van der Waals surface area contributed by atoms with Crippen LogP contribution in [0, 0.1) is 0 Å². The van der Waals surface area contributed by atoms with Crippen molar-refractivity contribution < 1.29 is 19.0 Å². The molecule has 3 fully saturated rings. The summed E-state index contributed by atoms with van der Waals surface area (Å²) in [7, 11) is 3.20. The molecular formula is C38H45N7O4. The highest BCUT2D eigenvalue weighted by molar-refractivity contribution is 5.92. The number of piperazine rings is 2. The number of hydrogen-bond donors (Lipinski definition) is 0. The van der Waals surface area contributed by atoms with Gasteiger partial charge in [0.1, 0.15) is 5.82 Å². The van der Waals surface area contributed by atoms with Crippen LogP contribution in [0.1, 0.15) is 71.5 Å². The maximum atomic E-state index is 13.8. The van der Waals surface area contributed by atoms with E-state index in [0.717, 1.165) is 43.9 Å². The van der Waals surface area contributed by atoms with Crippen molar-refractivity contribution in [2.75, 3.05) is 46.9 Å². The van der Waals surface area contributed by atoms with Crippen molar-refractivity contribution in [1.82, 2.24) is 34.6 Å². The number of benzene rings is 2. The SMILES string of the molecule is COc1cncc(C(=O)N2CCN3C(C(c4ccccc4)c4ccccc4)CN(Cc4c(OC)nc(C5CC5)nc4OC(C)C)C[C@@H]3C2)n1. The summed E-state index contributed by atoms with van der Waals surface area (Å²) in [5.74, 6) is 2.64. The smallest absolute Gasteiger partial charge is 0.274 e. The molecule has 4 heterocycles. The van der Waals surface area contributed by atoms with E-state index >= 15 is 0 Å². The lowest BCUT2D eigenvalue weighted by Crippen LogP contribution is -2.67. The van der Waals surface area contributed by atoms with Gasteiger partial charge in [-0.15, -0.1) is 0 Å². The zero-order chi connectivity index (χ0) is 33.9. The van der Waals surface area contributed by atoms with Gasteiger partial charge in [0.15, 0.2) is 5.69 Å². The fraction of sp³-hybridized carbons (Fsp3) is 0.447. The quantitative estimate of drug-likeness (QED) is 0.222. The van der Waals surface area contributed by atoms with Gasteiger partial charge in [0.25, 0.3) is 5.91 Å². The van der Waals surface area contributed by atoms with Gasteiger partial charge in [-0.1, -0.05) is 60.7 Å². The fourth-order valence-electron chi connectivity index (χ4n) is 7.32. The normalized spacial score (nSPS) is 19.9. The van der Waals surface area contributed by atoms with E-state index in [1.165, 1.54) is 30.6 Å². The molecule has 49 heavy (non-hydrogen) atoms. The molecule has 2 aromatic carbocycles. The minimum atomic E-state index is -0.138. The van der Waals surface area contributed by atoms with Gasteiger partial charge in [0.05, 0.1) is 38.3 Å². The predicted octanol–water partition coefficient (Wildman–Crippen LogP) is 4.79. The Bertz CT molecular complexity index is 1700. The van der Waals surface area contributed by atoms with Crippen LogP contribution in [0.2, 0.25) is 0 Å². The van der Waals surface area contributed by atoms with E-state index in [2.05, 4.69) is 80.4 Å². The Morgan fingerprint density at radius 2 is 1.53 bits per heavy atom. The second kappa shape index (κ2) is 14.5. The number of aromatic nitrogens is 4. The van der Waals surface area contributed by atoms with E-state index in [-0.39, 0.29) is 35.7 Å². The van der Waals surface area contributed by atoms with E-state index < -0.39 is 0 Å². The average Bonchev–Trinajstić information content (AvgIpc) is 3.98. The number of carbonyl (C=O) groups excluding carboxylic acids is 1. The van der Waals surface area contributed by atoms with Crippen molar-refractivity contribution in [3.8, 4) is 17.6 Å². The monoisotopic (exact) mass is 663 g/mol. The fourth-order valence-corrected chi connectivity index (χ4v) is 7.32. The summed E-state index contributed by atoms with van der Waals surface area (Å²) < 4.78 is 17.5. The number of methoxy groups -OCH3 is 2. The lowest BCUT2D eigenvalue weighted by Gasteiger charge is -2.53. The molecule has 2 atom stereocenters. The van der Waals surface area contributed by atoms with Gasteiger partial charge in [0, 0.05) is 63.2 Å². The summed E-state index contributed by atoms with van der Waals surface area (Å²) in [5, 5.41) is 0. The third kappa shape index (κ3) is 7.23. The van der Waals surface area contributed by atoms with Crippen molar-refractivity contribution in [3.05, 3.63) is 101 Å². The summed E-state index contributed by atoms with van der Waals surface area (Å²) in [5.41, 5.74) is 3.68. The Hall–Kier alpha value is -4.61. The average molecular weight is 664 g/mol. The lowest BCUT2D eigenvalue weighted by molar-refractivity contribution is -0.0294. The summed E-state index contributed by atoms with van der Waals surface area (Å²) in [6.07, 6.45) is 5.16. The highest BCUT2D eigenvalue weighted by Crippen LogP contribution is 2.42. The van der Waals surface area contributed by atoms with Gasteiger partial charge >= 0.3 is 0 Å². The minimum absolute atomic E-state index is 0.0480. The number of hydrogen-bond acceptors (Lipinski definition) is 10. The van der Waals surface area contributed by atoms with Crippen LogP contribution < -0.4 is 14.2 Å². The van der Waals surface area contributed by atoms with Crippen LogP contribution in [-0.4, -0.2) is 106 Å². The van der Waals surface area contributed by atoms with Crippen LogP contribution in [-0.2, 0) is 6.54 Å². The maximum absolute atomic E-state index is 13.8. The Kier molecular flexibility index (Phi) is 9.72. The Morgan fingerprint density at radius 3 is 2.16 bits per heavy atom. The van der Waals surface area contributed by atoms with Gasteiger partial charge < -0.3 is 19.1 Å². The zero-order valence-electron chi connectivity index (χ0n) is 28.7. The van der Waals surface area contributed by atoms with Crippen LogP contribution in [0.15, 0.2) is 73.1 Å². The summed E-state index contributed by atoms with van der Waals surface area (Å²) in [4.78, 5) is 39.2. The summed E-state index contributed by atoms with van der Waals surface area (Å²) in [6, 6.07) is 21.7. The number of ether oxygens (including phenoxy) is 3. The van der Waals surface area contributed by atoms with E-state index in [0.29, 0.717) is 43.2 Å². The number of fused-ring (bicyclic) bond motifs is 1. The number of amides is 1. The molecule has 1 amide bonds. The summed E-state index contributed by atoms with van der Waals surface area (Å²) >= 11 is 0. The van der Waals surface area contributed by atoms with Gasteiger partial charge in [-0.25, -0.2) is 4.98 Å². The molecule has 11 heteroatoms. The van der Waals surface area contributed by atoms with Gasteiger partial charge in [0.2, 0.25) is 17.6 Å². The van der Waals surface area contributed by atoms with E-state index in [1.807, 2.05) is 18.7 Å². The maximum Gasteiger partial charge on any atom is 0.274 e. The van der Waals surface area contributed by atoms with Crippen LogP contribution in [0.3, 0.4) is 0 Å². The number of nitrogens with zero attached hydrogens (tertiary/aromatic N) is 7. The number of rotatable bonds is 11. The second-order valence-electron chi connectivity index (χ2n) is 13.5. The lowest BCUT2D eigenvalue weighted by atomic mass is 9.81. The van der Waals surface area contributed by atoms with E-state index in [9.17, 15) is 4.79 Å². The molecule has 0 bridgehead atoms. The molecule has 11 nitrogen and oxygen atoms in total. The van der Waals surface area contributed by atoms with Crippen molar-refractivity contribution in [2.45, 2.75) is 63.3 Å². The van der Waals surface area contributed by atoms with Crippen LogP contribution in [0.25, 0.3) is 0 Å². The first-order chi connectivity index (χ1) is 23.9. The largest absolute Gasteiger partial charge is 0.481 e. The summed E-state index contributed by atoms with van der Waals surface area (Å²) in [6.45, 7) is 8.05. The predicted molar refractivity (Wildman–Crippen MR) is 185 cm³/mol.